The molecule has 5 aromatic carbocycles. The Hall–Kier alpha value is -6.14. The Kier molecular flexibility index (Phi) is 8.24. The van der Waals surface area contributed by atoms with E-state index >= 15 is 0 Å². The third-order valence-corrected chi connectivity index (χ3v) is 8.83. The average molecular weight is 689 g/mol. The zero-order valence-electron chi connectivity index (χ0n) is 27.8. The van der Waals surface area contributed by atoms with Crippen molar-refractivity contribution in [3.05, 3.63) is 108 Å². The van der Waals surface area contributed by atoms with Gasteiger partial charge in [0.25, 0.3) is 0 Å². The average Bonchev–Trinajstić information content (AvgIpc) is 3.10. The molecule has 0 saturated carbocycles. The second-order valence-electron chi connectivity index (χ2n) is 11.7. The highest BCUT2D eigenvalue weighted by Gasteiger charge is 2.33. The van der Waals surface area contributed by atoms with E-state index in [1.54, 1.807) is 31.4 Å². The van der Waals surface area contributed by atoms with Gasteiger partial charge in [0.15, 0.2) is 28.9 Å². The van der Waals surface area contributed by atoms with E-state index in [0.717, 1.165) is 17.5 Å². The summed E-state index contributed by atoms with van der Waals surface area (Å²) >= 11 is 0. The Morgan fingerprint density at radius 3 is 2.06 bits per heavy atom. The Labute approximate surface area is 288 Å². The molecule has 1 aromatic heterocycles. The van der Waals surface area contributed by atoms with Crippen molar-refractivity contribution in [3.8, 4) is 51.4 Å². The molecule has 0 spiro atoms. The number of benzene rings is 5. The van der Waals surface area contributed by atoms with Gasteiger partial charge in [0.2, 0.25) is 10.0 Å². The number of ether oxygens (including phenoxy) is 4. The lowest BCUT2D eigenvalue weighted by atomic mass is 9.85. The molecule has 11 nitrogen and oxygen atoms in total. The minimum absolute atomic E-state index is 0.166. The molecule has 0 radical (unpaired) electrons. The van der Waals surface area contributed by atoms with Crippen molar-refractivity contribution in [1.82, 2.24) is 9.97 Å². The lowest BCUT2D eigenvalue weighted by Gasteiger charge is -2.24. The molecule has 252 valence electrons. The maximum Gasteiger partial charge on any atom is 0.229 e. The Morgan fingerprint density at radius 1 is 0.680 bits per heavy atom. The quantitative estimate of drug-likeness (QED) is 0.147. The van der Waals surface area contributed by atoms with Crippen LogP contribution in [-0.4, -0.2) is 51.8 Å². The van der Waals surface area contributed by atoms with Crippen LogP contribution in [0.4, 0.5) is 17.1 Å². The van der Waals surface area contributed by atoms with E-state index in [4.69, 9.17) is 28.9 Å². The van der Waals surface area contributed by atoms with E-state index < -0.39 is 10.0 Å². The Balaban J connectivity index is 1.56. The number of rotatable bonds is 10. The maximum absolute atomic E-state index is 14.4. The predicted octanol–water partition coefficient (Wildman–Crippen LogP) is 7.75. The number of sulfonamides is 1. The summed E-state index contributed by atoms with van der Waals surface area (Å²) in [4.78, 5) is 24.4. The summed E-state index contributed by atoms with van der Waals surface area (Å²) in [6.07, 6.45) is 1.05. The van der Waals surface area contributed by atoms with Gasteiger partial charge in [0.05, 0.1) is 50.2 Å². The second kappa shape index (κ2) is 12.7. The molecule has 1 aliphatic rings. The van der Waals surface area contributed by atoms with Crippen molar-refractivity contribution in [3.63, 3.8) is 0 Å². The number of nitrogens with one attached hydrogen (secondary N) is 2. The van der Waals surface area contributed by atoms with Crippen LogP contribution in [0.1, 0.15) is 21.5 Å². The fourth-order valence-corrected chi connectivity index (χ4v) is 6.58. The number of anilines is 3. The van der Waals surface area contributed by atoms with Crippen LogP contribution in [0.25, 0.3) is 33.5 Å². The largest absolute Gasteiger partial charge is 0.497 e. The van der Waals surface area contributed by atoms with Gasteiger partial charge in [-0.05, 0) is 55.0 Å². The van der Waals surface area contributed by atoms with Crippen molar-refractivity contribution in [2.75, 3.05) is 37.6 Å². The van der Waals surface area contributed by atoms with Crippen LogP contribution >= 0.6 is 0 Å². The standard InChI is InChI=1S/C38H32N4O7S/c1-21-9-8-10-24(17-21)49-32-20-29(39-22-13-15-23(46-2)16-14-22)33-34-35(25-11-6-7-12-26(25)37(33)43)40-38(41-36(32)34)27-18-30(47-3)31(48-4)19-28(27)42-50(5,44)45/h6-20,39,42H,1-5H3. The van der Waals surface area contributed by atoms with Crippen LogP contribution in [0.15, 0.2) is 91.0 Å². The van der Waals surface area contributed by atoms with Crippen molar-refractivity contribution < 1.29 is 32.2 Å². The van der Waals surface area contributed by atoms with Crippen LogP contribution in [0, 0.1) is 6.92 Å². The Morgan fingerprint density at radius 2 is 1.38 bits per heavy atom. The van der Waals surface area contributed by atoms with E-state index in [-0.39, 0.29) is 17.3 Å². The number of nitrogens with zero attached hydrogens (tertiary/aromatic N) is 2. The van der Waals surface area contributed by atoms with Gasteiger partial charge in [0, 0.05) is 39.9 Å². The summed E-state index contributed by atoms with van der Waals surface area (Å²) in [5.41, 5.74) is 4.95. The predicted molar refractivity (Wildman–Crippen MR) is 193 cm³/mol. The second-order valence-corrected chi connectivity index (χ2v) is 13.4. The van der Waals surface area contributed by atoms with Crippen LogP contribution in [0.5, 0.6) is 28.7 Å². The van der Waals surface area contributed by atoms with Crippen molar-refractivity contribution >= 4 is 43.8 Å². The van der Waals surface area contributed by atoms with Crippen molar-refractivity contribution in [2.24, 2.45) is 0 Å². The number of methoxy groups -OCH3 is 3. The molecule has 1 heterocycles. The molecule has 2 N–H and O–H groups in total. The fourth-order valence-electron chi connectivity index (χ4n) is 6.02. The Bertz CT molecular complexity index is 2430. The number of carbonyl (C=O) groups is 1. The van der Waals surface area contributed by atoms with Crippen LogP contribution < -0.4 is 29.0 Å². The first kappa shape index (κ1) is 32.4. The molecule has 50 heavy (non-hydrogen) atoms. The molecule has 0 saturated heterocycles. The molecule has 0 unspecified atom stereocenters. The summed E-state index contributed by atoms with van der Waals surface area (Å²) in [7, 11) is 0.794. The summed E-state index contributed by atoms with van der Waals surface area (Å²) in [6.45, 7) is 1.96. The van der Waals surface area contributed by atoms with Crippen LogP contribution in [-0.2, 0) is 10.0 Å². The minimum atomic E-state index is -3.74. The number of hydrogen-bond acceptors (Lipinski definition) is 10. The molecule has 0 atom stereocenters. The fraction of sp³-hybridized carbons (Fsp3) is 0.132. The third kappa shape index (κ3) is 6.01. The van der Waals surface area contributed by atoms with Gasteiger partial charge in [0.1, 0.15) is 17.0 Å². The highest BCUT2D eigenvalue weighted by molar-refractivity contribution is 7.92. The van der Waals surface area contributed by atoms with E-state index in [2.05, 4.69) is 10.0 Å². The van der Waals surface area contributed by atoms with Gasteiger partial charge < -0.3 is 24.3 Å². The van der Waals surface area contributed by atoms with Gasteiger partial charge in [-0.1, -0.05) is 36.4 Å². The molecule has 0 fully saturated rings. The molecule has 0 bridgehead atoms. The van der Waals surface area contributed by atoms with Gasteiger partial charge >= 0.3 is 0 Å². The van der Waals surface area contributed by atoms with E-state index in [0.29, 0.717) is 73.3 Å². The molecule has 12 heteroatoms. The first-order valence-corrected chi connectivity index (χ1v) is 17.4. The monoisotopic (exact) mass is 688 g/mol. The molecule has 0 aliphatic heterocycles. The maximum atomic E-state index is 14.4. The zero-order chi connectivity index (χ0) is 35.2. The number of carbonyl (C=O) groups excluding carboxylic acids is 1. The first-order chi connectivity index (χ1) is 24.1. The van der Waals surface area contributed by atoms with Crippen LogP contribution in [0.3, 0.4) is 0 Å². The number of aryl methyl sites for hydroxylation is 1. The number of hydrogen-bond donors (Lipinski definition) is 2. The van der Waals surface area contributed by atoms with E-state index in [1.807, 2.05) is 67.6 Å². The van der Waals surface area contributed by atoms with Gasteiger partial charge in [-0.15, -0.1) is 0 Å². The topological polar surface area (TPSA) is 138 Å². The molecular formula is C38H32N4O7S. The number of fused-ring (bicyclic) bond motifs is 2. The normalized spacial score (nSPS) is 11.9. The summed E-state index contributed by atoms with van der Waals surface area (Å²) < 4.78 is 50.6. The first-order valence-electron chi connectivity index (χ1n) is 15.5. The zero-order valence-corrected chi connectivity index (χ0v) is 28.6. The minimum Gasteiger partial charge on any atom is -0.497 e. The molecule has 1 aliphatic carbocycles. The molecule has 6 aromatic rings. The molecule has 7 rings (SSSR count). The highest BCUT2D eigenvalue weighted by atomic mass is 32.2. The lowest BCUT2D eigenvalue weighted by Crippen LogP contribution is -2.15. The summed E-state index contributed by atoms with van der Waals surface area (Å²) in [6, 6.07) is 27.0. The van der Waals surface area contributed by atoms with Crippen molar-refractivity contribution in [2.45, 2.75) is 6.92 Å². The number of ketones is 1. The van der Waals surface area contributed by atoms with Gasteiger partial charge in [-0.25, -0.2) is 18.4 Å². The van der Waals surface area contributed by atoms with Crippen LogP contribution in [0.2, 0.25) is 0 Å². The highest BCUT2D eigenvalue weighted by Crippen LogP contribution is 2.48. The SMILES string of the molecule is COc1ccc(Nc2cc(Oc3cccc(C)c3)c3nc(-c4cc(OC)c(OC)cc4NS(C)(=O)=O)nc4c3c2C(=O)c2ccccc2-4)cc1. The van der Waals surface area contributed by atoms with E-state index in [1.165, 1.54) is 20.3 Å². The third-order valence-electron chi connectivity index (χ3n) is 8.24. The lowest BCUT2D eigenvalue weighted by molar-refractivity contribution is 0.104. The molecular weight excluding hydrogens is 657 g/mol. The number of aromatic nitrogens is 2. The van der Waals surface area contributed by atoms with Gasteiger partial charge in [-0.2, -0.15) is 0 Å². The smallest absolute Gasteiger partial charge is 0.229 e. The molecule has 0 amide bonds. The van der Waals surface area contributed by atoms with Gasteiger partial charge in [-0.3, -0.25) is 9.52 Å². The summed E-state index contributed by atoms with van der Waals surface area (Å²) in [5.74, 6) is 2.20. The van der Waals surface area contributed by atoms with E-state index in [9.17, 15) is 13.2 Å². The van der Waals surface area contributed by atoms with Crippen molar-refractivity contribution in [1.29, 1.82) is 0 Å². The summed E-state index contributed by atoms with van der Waals surface area (Å²) in [5, 5.41) is 3.90.